The van der Waals surface area contributed by atoms with Crippen LogP contribution in [0.2, 0.25) is 0 Å². The van der Waals surface area contributed by atoms with E-state index < -0.39 is 0 Å². The van der Waals surface area contributed by atoms with Crippen molar-refractivity contribution in [2.75, 3.05) is 6.54 Å². The van der Waals surface area contributed by atoms with Gasteiger partial charge in [-0.05, 0) is 0 Å². The zero-order chi connectivity index (χ0) is 3.54. The monoisotopic (exact) mass is 69.0 g/mol. The standard InChI is InChI=1S/C3H5N2/c1-2-5-3-4-1/h1,3,5H,2H2. The van der Waals surface area contributed by atoms with Crippen molar-refractivity contribution in [3.8, 4) is 0 Å². The normalized spacial score (nSPS) is 20.8. The summed E-state index contributed by atoms with van der Waals surface area (Å²) >= 11 is 0. The topological polar surface area (TPSA) is 24.4 Å². The third-order valence-electron chi connectivity index (χ3n) is 0.480. The molecule has 0 bridgehead atoms. The Morgan fingerprint density at radius 3 is 3.00 bits per heavy atom. The first-order valence-electron chi connectivity index (χ1n) is 1.57. The first-order valence-corrected chi connectivity index (χ1v) is 1.57. The molecule has 1 heterocycles. The molecule has 0 fully saturated rings. The van der Waals surface area contributed by atoms with Crippen LogP contribution in [-0.2, 0) is 0 Å². The summed E-state index contributed by atoms with van der Waals surface area (Å²) in [5.74, 6) is 0. The van der Waals surface area contributed by atoms with Gasteiger partial charge >= 0.3 is 0 Å². The zero-order valence-corrected chi connectivity index (χ0v) is 2.81. The number of aliphatic imine (C=N–C) groups is 1. The lowest BCUT2D eigenvalue weighted by molar-refractivity contribution is 0.965. The molecular weight excluding hydrogens is 64.0 g/mol. The molecule has 1 aliphatic heterocycles. The van der Waals surface area contributed by atoms with Crippen molar-refractivity contribution in [3.05, 3.63) is 6.67 Å². The van der Waals surface area contributed by atoms with Crippen LogP contribution in [0.1, 0.15) is 0 Å². The van der Waals surface area contributed by atoms with E-state index in [1.807, 2.05) is 6.21 Å². The van der Waals surface area contributed by atoms with Crippen LogP contribution in [0, 0.1) is 6.67 Å². The van der Waals surface area contributed by atoms with Gasteiger partial charge < -0.3 is 0 Å². The minimum absolute atomic E-state index is 0.903. The number of nitrogens with zero attached hydrogens (tertiary/aromatic N) is 1. The summed E-state index contributed by atoms with van der Waals surface area (Å²) < 4.78 is 0. The van der Waals surface area contributed by atoms with Crippen molar-refractivity contribution < 1.29 is 0 Å². The lowest BCUT2D eigenvalue weighted by atomic mass is 10.8. The maximum absolute atomic E-state index is 3.72. The molecule has 0 saturated heterocycles. The van der Waals surface area contributed by atoms with Crippen LogP contribution in [0.4, 0.5) is 0 Å². The predicted octanol–water partition coefficient (Wildman–Crippen LogP) is -0.220. The highest BCUT2D eigenvalue weighted by Crippen LogP contribution is 1.74. The summed E-state index contributed by atoms with van der Waals surface area (Å²) in [7, 11) is 0. The Bertz CT molecular complexity index is 42.9. The molecule has 27 valence electrons. The molecule has 2 nitrogen and oxygen atoms in total. The summed E-state index contributed by atoms with van der Waals surface area (Å²) in [6, 6.07) is 0. The van der Waals surface area contributed by atoms with Gasteiger partial charge in [-0.3, -0.25) is 10.3 Å². The first-order chi connectivity index (χ1) is 2.50. The molecule has 0 aliphatic carbocycles. The third-order valence-corrected chi connectivity index (χ3v) is 0.480. The van der Waals surface area contributed by atoms with Crippen molar-refractivity contribution in [2.24, 2.45) is 4.99 Å². The summed E-state index contributed by atoms with van der Waals surface area (Å²) in [6.07, 6.45) is 1.82. The average Bonchev–Trinajstić information content (AvgIpc) is 1.76. The largest absolute Gasteiger partial charge is 0.288 e. The van der Waals surface area contributed by atoms with Gasteiger partial charge in [-0.15, -0.1) is 0 Å². The van der Waals surface area contributed by atoms with Gasteiger partial charge in [0.1, 0.15) is 6.67 Å². The SMILES string of the molecule is [CH]1N=CCN1. The molecule has 1 rings (SSSR count). The molecule has 0 atom stereocenters. The first kappa shape index (κ1) is 2.85. The Morgan fingerprint density at radius 2 is 2.80 bits per heavy atom. The van der Waals surface area contributed by atoms with E-state index in [0.29, 0.717) is 0 Å². The zero-order valence-electron chi connectivity index (χ0n) is 2.81. The quantitative estimate of drug-likeness (QED) is 0.418. The number of hydrogen-bond acceptors (Lipinski definition) is 2. The van der Waals surface area contributed by atoms with E-state index in [9.17, 15) is 0 Å². The van der Waals surface area contributed by atoms with E-state index in [1.54, 1.807) is 6.67 Å². The summed E-state index contributed by atoms with van der Waals surface area (Å²) in [6.45, 7) is 2.58. The van der Waals surface area contributed by atoms with E-state index in [2.05, 4.69) is 10.3 Å². The van der Waals surface area contributed by atoms with Gasteiger partial charge in [0.25, 0.3) is 0 Å². The second-order valence-electron chi connectivity index (χ2n) is 0.869. The Labute approximate surface area is 30.9 Å². The van der Waals surface area contributed by atoms with Crippen LogP contribution >= 0.6 is 0 Å². The van der Waals surface area contributed by atoms with Crippen LogP contribution in [0.5, 0.6) is 0 Å². The molecule has 0 aromatic heterocycles. The Balaban J connectivity index is 2.32. The highest BCUT2D eigenvalue weighted by molar-refractivity contribution is 5.62. The van der Waals surface area contributed by atoms with E-state index >= 15 is 0 Å². The molecule has 0 aromatic rings. The smallest absolute Gasteiger partial charge is 0.135 e. The van der Waals surface area contributed by atoms with Crippen LogP contribution in [0.3, 0.4) is 0 Å². The van der Waals surface area contributed by atoms with Crippen molar-refractivity contribution in [1.82, 2.24) is 5.32 Å². The maximum atomic E-state index is 3.72. The van der Waals surface area contributed by atoms with E-state index in [-0.39, 0.29) is 0 Å². The number of rotatable bonds is 0. The minimum atomic E-state index is 0.903. The molecule has 0 saturated carbocycles. The molecule has 1 N–H and O–H groups in total. The van der Waals surface area contributed by atoms with Crippen LogP contribution in [-0.4, -0.2) is 12.8 Å². The van der Waals surface area contributed by atoms with Crippen LogP contribution in [0.15, 0.2) is 4.99 Å². The molecule has 1 radical (unpaired) electrons. The van der Waals surface area contributed by atoms with Crippen molar-refractivity contribution >= 4 is 6.21 Å². The summed E-state index contributed by atoms with van der Waals surface area (Å²) in [4.78, 5) is 3.72. The van der Waals surface area contributed by atoms with Crippen molar-refractivity contribution in [2.45, 2.75) is 0 Å². The Hall–Kier alpha value is -0.370. The third kappa shape index (κ3) is 0.450. The Morgan fingerprint density at radius 1 is 1.80 bits per heavy atom. The lowest BCUT2D eigenvalue weighted by Gasteiger charge is -1.73. The van der Waals surface area contributed by atoms with E-state index in [4.69, 9.17) is 0 Å². The van der Waals surface area contributed by atoms with Gasteiger partial charge in [-0.2, -0.15) is 0 Å². The fraction of sp³-hybridized carbons (Fsp3) is 0.333. The van der Waals surface area contributed by atoms with Crippen molar-refractivity contribution in [1.29, 1.82) is 0 Å². The fourth-order valence-electron chi connectivity index (χ4n) is 0.264. The molecule has 0 spiro atoms. The van der Waals surface area contributed by atoms with Gasteiger partial charge in [-0.1, -0.05) is 0 Å². The van der Waals surface area contributed by atoms with Gasteiger partial charge in [0.15, 0.2) is 0 Å². The van der Waals surface area contributed by atoms with Crippen molar-refractivity contribution in [3.63, 3.8) is 0 Å². The molecular formula is C3H5N2. The fourth-order valence-corrected chi connectivity index (χ4v) is 0.264. The molecule has 0 unspecified atom stereocenters. The predicted molar refractivity (Wildman–Crippen MR) is 20.8 cm³/mol. The lowest BCUT2D eigenvalue weighted by Crippen LogP contribution is -2.01. The highest BCUT2D eigenvalue weighted by atomic mass is 15.0. The van der Waals surface area contributed by atoms with Gasteiger partial charge in [0.05, 0.1) is 0 Å². The van der Waals surface area contributed by atoms with E-state index in [0.717, 1.165) is 6.54 Å². The number of hydrogen-bond donors (Lipinski definition) is 1. The van der Waals surface area contributed by atoms with Crippen LogP contribution < -0.4 is 5.32 Å². The molecule has 2 heteroatoms. The van der Waals surface area contributed by atoms with Gasteiger partial charge in [0.2, 0.25) is 0 Å². The maximum Gasteiger partial charge on any atom is 0.135 e. The molecule has 5 heavy (non-hydrogen) atoms. The minimum Gasteiger partial charge on any atom is -0.288 e. The second kappa shape index (κ2) is 1.17. The molecule has 0 amide bonds. The second-order valence-corrected chi connectivity index (χ2v) is 0.869. The highest BCUT2D eigenvalue weighted by Gasteiger charge is 1.83. The van der Waals surface area contributed by atoms with E-state index in [1.165, 1.54) is 0 Å². The molecule has 0 aromatic carbocycles. The van der Waals surface area contributed by atoms with Gasteiger partial charge in [0, 0.05) is 12.8 Å². The molecule has 1 aliphatic rings. The summed E-state index contributed by atoms with van der Waals surface area (Å²) in [5.41, 5.74) is 0. The number of nitrogens with one attached hydrogen (secondary N) is 1. The Kier molecular flexibility index (Phi) is 0.667. The summed E-state index contributed by atoms with van der Waals surface area (Å²) in [5, 5.41) is 2.88. The van der Waals surface area contributed by atoms with Gasteiger partial charge in [-0.25, -0.2) is 0 Å². The van der Waals surface area contributed by atoms with Crippen LogP contribution in [0.25, 0.3) is 0 Å². The average molecular weight is 69.1 g/mol.